The molecule has 1 heterocycles. The maximum Gasteiger partial charge on any atom is 0.359 e. The van der Waals surface area contributed by atoms with Crippen LogP contribution in [0.4, 0.5) is 5.69 Å². The van der Waals surface area contributed by atoms with Gasteiger partial charge in [0, 0.05) is 6.04 Å². The fraction of sp³-hybridized carbons (Fsp3) is 0.562. The summed E-state index contributed by atoms with van der Waals surface area (Å²) >= 11 is 17.6. The molecule has 1 aliphatic carbocycles. The second-order valence-corrected chi connectivity index (χ2v) is 7.33. The Labute approximate surface area is 161 Å². The zero-order valence-corrected chi connectivity index (χ0v) is 16.2. The summed E-state index contributed by atoms with van der Waals surface area (Å²) in [6, 6.07) is 0.0877. The minimum atomic E-state index is -1.00. The first-order chi connectivity index (χ1) is 11.7. The van der Waals surface area contributed by atoms with Gasteiger partial charge in [0.2, 0.25) is 0 Å². The maximum absolute atomic E-state index is 12.3. The molecule has 3 atom stereocenters. The lowest BCUT2D eigenvalue weighted by atomic mass is 9.86. The molecule has 0 saturated heterocycles. The van der Waals surface area contributed by atoms with Crippen molar-refractivity contribution in [3.05, 3.63) is 20.9 Å². The third-order valence-corrected chi connectivity index (χ3v) is 5.49. The van der Waals surface area contributed by atoms with Gasteiger partial charge in [-0.1, -0.05) is 54.6 Å². The fourth-order valence-corrected chi connectivity index (χ4v) is 3.35. The number of amides is 1. The molecule has 9 heteroatoms. The molecule has 1 aromatic rings. The lowest BCUT2D eigenvalue weighted by Crippen LogP contribution is -2.46. The van der Waals surface area contributed by atoms with Gasteiger partial charge in [0.05, 0.1) is 10.7 Å². The average molecular weight is 409 g/mol. The molecule has 0 bridgehead atoms. The Morgan fingerprint density at radius 2 is 1.88 bits per heavy atom. The van der Waals surface area contributed by atoms with Gasteiger partial charge >= 0.3 is 5.97 Å². The Hall–Kier alpha value is -1.24. The summed E-state index contributed by atoms with van der Waals surface area (Å²) in [7, 11) is 0. The molecule has 0 aliphatic heterocycles. The molecule has 1 saturated carbocycles. The van der Waals surface area contributed by atoms with Crippen molar-refractivity contribution < 1.29 is 14.3 Å². The number of aromatic nitrogens is 1. The van der Waals surface area contributed by atoms with E-state index in [4.69, 9.17) is 45.3 Å². The third-order valence-electron chi connectivity index (χ3n) is 4.36. The Kier molecular flexibility index (Phi) is 6.77. The van der Waals surface area contributed by atoms with E-state index in [1.807, 2.05) is 0 Å². The molecule has 1 aliphatic rings. The summed E-state index contributed by atoms with van der Waals surface area (Å²) in [5, 5.41) is 2.57. The van der Waals surface area contributed by atoms with Crippen molar-refractivity contribution in [1.29, 1.82) is 0 Å². The van der Waals surface area contributed by atoms with E-state index < -0.39 is 12.1 Å². The number of esters is 1. The molecule has 0 radical (unpaired) electrons. The van der Waals surface area contributed by atoms with Gasteiger partial charge in [-0.2, -0.15) is 0 Å². The summed E-state index contributed by atoms with van der Waals surface area (Å²) in [5.74, 6) is -0.863. The Morgan fingerprint density at radius 1 is 1.24 bits per heavy atom. The van der Waals surface area contributed by atoms with E-state index in [1.165, 1.54) is 13.3 Å². The van der Waals surface area contributed by atoms with Gasteiger partial charge in [0.1, 0.15) is 5.02 Å². The Bertz CT molecular complexity index is 684. The number of hydrogen-bond acceptors (Lipinski definition) is 5. The van der Waals surface area contributed by atoms with Crippen molar-refractivity contribution in [2.75, 3.05) is 5.73 Å². The highest BCUT2D eigenvalue weighted by Crippen LogP contribution is 2.34. The maximum atomic E-state index is 12.3. The van der Waals surface area contributed by atoms with Gasteiger partial charge in [-0.05, 0) is 25.7 Å². The Morgan fingerprint density at radius 3 is 2.52 bits per heavy atom. The van der Waals surface area contributed by atoms with Crippen molar-refractivity contribution in [2.24, 2.45) is 5.92 Å². The highest BCUT2D eigenvalue weighted by molar-refractivity contribution is 6.46. The quantitative estimate of drug-likeness (QED) is 0.582. The SMILES string of the molecule is CC(OC(=O)c1nc(Cl)c(Cl)c(N)c1Cl)C(=O)NC1CCCCC1C. The van der Waals surface area contributed by atoms with Gasteiger partial charge in [0.15, 0.2) is 17.0 Å². The van der Waals surface area contributed by atoms with Gasteiger partial charge in [-0.3, -0.25) is 4.79 Å². The first-order valence-corrected chi connectivity index (χ1v) is 9.17. The smallest absolute Gasteiger partial charge is 0.359 e. The number of nitrogen functional groups attached to an aromatic ring is 1. The molecule has 1 amide bonds. The summed E-state index contributed by atoms with van der Waals surface area (Å²) in [6.07, 6.45) is 3.23. The monoisotopic (exact) mass is 407 g/mol. The largest absolute Gasteiger partial charge is 0.448 e. The van der Waals surface area contributed by atoms with Gasteiger partial charge in [0.25, 0.3) is 5.91 Å². The van der Waals surface area contributed by atoms with E-state index in [2.05, 4.69) is 17.2 Å². The van der Waals surface area contributed by atoms with E-state index in [-0.39, 0.29) is 38.5 Å². The number of nitrogens with zero attached hydrogens (tertiary/aromatic N) is 1. The van der Waals surface area contributed by atoms with Gasteiger partial charge in [-0.25, -0.2) is 9.78 Å². The number of pyridine rings is 1. The normalized spacial score (nSPS) is 21.5. The minimum absolute atomic E-state index is 0.0414. The first kappa shape index (κ1) is 20.1. The number of carbonyl (C=O) groups is 2. The number of anilines is 1. The van der Waals surface area contributed by atoms with Crippen LogP contribution < -0.4 is 11.1 Å². The van der Waals surface area contributed by atoms with Gasteiger partial charge < -0.3 is 15.8 Å². The number of nitrogens with one attached hydrogen (secondary N) is 1. The van der Waals surface area contributed by atoms with Crippen LogP contribution in [0.3, 0.4) is 0 Å². The molecule has 138 valence electrons. The number of ether oxygens (including phenoxy) is 1. The molecule has 0 aromatic carbocycles. The fourth-order valence-electron chi connectivity index (χ4n) is 2.77. The molecule has 6 nitrogen and oxygen atoms in total. The average Bonchev–Trinajstić information content (AvgIpc) is 2.58. The molecular formula is C16H20Cl3N3O3. The van der Waals surface area contributed by atoms with Crippen LogP contribution in [-0.2, 0) is 9.53 Å². The van der Waals surface area contributed by atoms with Crippen molar-refractivity contribution in [3.8, 4) is 0 Å². The van der Waals surface area contributed by atoms with Crippen LogP contribution in [0.2, 0.25) is 15.2 Å². The number of hydrogen-bond donors (Lipinski definition) is 2. The third kappa shape index (κ3) is 4.68. The topological polar surface area (TPSA) is 94.3 Å². The lowest BCUT2D eigenvalue weighted by molar-refractivity contribution is -0.130. The first-order valence-electron chi connectivity index (χ1n) is 8.03. The number of carbonyl (C=O) groups excluding carboxylic acids is 2. The molecular weight excluding hydrogens is 389 g/mol. The van der Waals surface area contributed by atoms with Crippen molar-refractivity contribution in [2.45, 2.75) is 51.7 Å². The van der Waals surface area contributed by atoms with Crippen LogP contribution in [0.5, 0.6) is 0 Å². The van der Waals surface area contributed by atoms with E-state index in [0.29, 0.717) is 5.92 Å². The second-order valence-electron chi connectivity index (χ2n) is 6.22. The number of halogens is 3. The van der Waals surface area contributed by atoms with Crippen molar-refractivity contribution >= 4 is 52.4 Å². The van der Waals surface area contributed by atoms with E-state index in [9.17, 15) is 9.59 Å². The summed E-state index contributed by atoms with van der Waals surface area (Å²) < 4.78 is 5.15. The van der Waals surface area contributed by atoms with E-state index >= 15 is 0 Å². The van der Waals surface area contributed by atoms with Crippen molar-refractivity contribution in [1.82, 2.24) is 10.3 Å². The van der Waals surface area contributed by atoms with Crippen molar-refractivity contribution in [3.63, 3.8) is 0 Å². The summed E-state index contributed by atoms with van der Waals surface area (Å²) in [5.41, 5.74) is 5.33. The molecule has 3 unspecified atom stereocenters. The van der Waals surface area contributed by atoms with Crippen LogP contribution >= 0.6 is 34.8 Å². The van der Waals surface area contributed by atoms with Crippen LogP contribution in [0, 0.1) is 5.92 Å². The zero-order chi connectivity index (χ0) is 18.7. The second kappa shape index (κ2) is 8.43. The van der Waals surface area contributed by atoms with Crippen LogP contribution in [-0.4, -0.2) is 29.0 Å². The van der Waals surface area contributed by atoms with Gasteiger partial charge in [-0.15, -0.1) is 0 Å². The minimum Gasteiger partial charge on any atom is -0.448 e. The predicted octanol–water partition coefficient (Wildman–Crippen LogP) is 3.86. The molecule has 25 heavy (non-hydrogen) atoms. The molecule has 3 N–H and O–H groups in total. The highest BCUT2D eigenvalue weighted by Gasteiger charge is 2.28. The molecule has 1 aromatic heterocycles. The van der Waals surface area contributed by atoms with Crippen LogP contribution in [0.1, 0.15) is 50.0 Å². The summed E-state index contributed by atoms with van der Waals surface area (Å²) in [4.78, 5) is 28.3. The Balaban J connectivity index is 2.03. The summed E-state index contributed by atoms with van der Waals surface area (Å²) in [6.45, 7) is 3.58. The van der Waals surface area contributed by atoms with Crippen LogP contribution in [0.25, 0.3) is 0 Å². The van der Waals surface area contributed by atoms with E-state index in [0.717, 1.165) is 19.3 Å². The number of rotatable bonds is 4. The molecule has 2 rings (SSSR count). The highest BCUT2D eigenvalue weighted by atomic mass is 35.5. The molecule has 0 spiro atoms. The number of nitrogens with two attached hydrogens (primary N) is 1. The lowest BCUT2D eigenvalue weighted by Gasteiger charge is -2.30. The molecule has 1 fully saturated rings. The van der Waals surface area contributed by atoms with E-state index in [1.54, 1.807) is 0 Å². The predicted molar refractivity (Wildman–Crippen MR) is 98.1 cm³/mol. The van der Waals surface area contributed by atoms with Crippen LogP contribution in [0.15, 0.2) is 0 Å². The standard InChI is InChI=1S/C16H20Cl3N3O3/c1-7-5-3-4-6-9(7)21-15(23)8(2)25-16(24)13-10(17)12(20)11(18)14(19)22-13/h7-9H,3-6H2,1-2H3,(H2,20,22)(H,21,23). The zero-order valence-electron chi connectivity index (χ0n) is 13.9.